The van der Waals surface area contributed by atoms with Crippen molar-refractivity contribution < 1.29 is 14.0 Å². The van der Waals surface area contributed by atoms with Crippen molar-refractivity contribution in [2.75, 3.05) is 0 Å². The van der Waals surface area contributed by atoms with Crippen molar-refractivity contribution in [1.29, 1.82) is 0 Å². The molecule has 1 N–H and O–H groups in total. The van der Waals surface area contributed by atoms with Gasteiger partial charge in [0, 0.05) is 0 Å². The van der Waals surface area contributed by atoms with Crippen molar-refractivity contribution in [3.8, 4) is 0 Å². The van der Waals surface area contributed by atoms with Gasteiger partial charge in [-0.25, -0.2) is 8.78 Å². The molecule has 0 spiro atoms. The van der Waals surface area contributed by atoms with Gasteiger partial charge in [0.15, 0.2) is 5.17 Å². The highest BCUT2D eigenvalue weighted by Crippen LogP contribution is 2.24. The van der Waals surface area contributed by atoms with Gasteiger partial charge in [0.25, 0.3) is 0 Å². The Morgan fingerprint density at radius 3 is 2.38 bits per heavy atom. The fourth-order valence-corrected chi connectivity index (χ4v) is 1.24. The number of halogens is 4. The zero-order valence-electron chi connectivity index (χ0n) is 6.06. The molecule has 6 heteroatoms. The normalized spacial score (nSPS) is 11.8. The Morgan fingerprint density at radius 1 is 1.31 bits per heavy atom. The summed E-state index contributed by atoms with van der Waals surface area (Å²) in [5, 5.41) is 9.64. The number of hydrogen-bond acceptors (Lipinski definition) is 2. The second kappa shape index (κ2) is 3.89. The molecule has 13 heavy (non-hydrogen) atoms. The Balaban J connectivity index is 3.42. The second-order valence-electron chi connectivity index (χ2n) is 2.11. The number of hydrogen-bond donors (Lipinski definition) is 1. The molecule has 0 aliphatic heterocycles. The largest absolute Gasteiger partial charge is 0.410 e. The van der Waals surface area contributed by atoms with Crippen molar-refractivity contribution in [3.63, 3.8) is 0 Å². The van der Waals surface area contributed by atoms with E-state index in [1.165, 1.54) is 0 Å². The van der Waals surface area contributed by atoms with Crippen LogP contribution >= 0.6 is 23.2 Å². The standard InChI is InChI=1S/C7H3Cl2F2NO/c8-6-4(11)2-1-3(10)5(6)7(9)12-13/h1-2,13H. The van der Waals surface area contributed by atoms with E-state index in [2.05, 4.69) is 5.16 Å². The predicted octanol–water partition coefficient (Wildman–Crippen LogP) is 2.99. The average Bonchev–Trinajstić information content (AvgIpc) is 2.12. The summed E-state index contributed by atoms with van der Waals surface area (Å²) in [7, 11) is 0. The molecule has 0 radical (unpaired) electrons. The molecule has 1 aromatic carbocycles. The molecule has 0 saturated heterocycles. The van der Waals surface area contributed by atoms with E-state index in [-0.39, 0.29) is 0 Å². The van der Waals surface area contributed by atoms with Crippen LogP contribution in [0, 0.1) is 11.6 Å². The molecule has 1 aromatic rings. The monoisotopic (exact) mass is 225 g/mol. The maximum Gasteiger partial charge on any atom is 0.179 e. The molecule has 0 aliphatic rings. The summed E-state index contributed by atoms with van der Waals surface area (Å²) < 4.78 is 25.7. The van der Waals surface area contributed by atoms with Crippen molar-refractivity contribution in [1.82, 2.24) is 0 Å². The third-order valence-electron chi connectivity index (χ3n) is 1.34. The molecular formula is C7H3Cl2F2NO. The summed E-state index contributed by atoms with van der Waals surface area (Å²) >= 11 is 10.7. The van der Waals surface area contributed by atoms with Crippen LogP contribution in [0.25, 0.3) is 0 Å². The van der Waals surface area contributed by atoms with Gasteiger partial charge in [-0.3, -0.25) is 0 Å². The van der Waals surface area contributed by atoms with Gasteiger partial charge in [-0.2, -0.15) is 0 Å². The highest BCUT2D eigenvalue weighted by molar-refractivity contribution is 6.70. The van der Waals surface area contributed by atoms with Crippen molar-refractivity contribution in [2.45, 2.75) is 0 Å². The second-order valence-corrected chi connectivity index (χ2v) is 2.84. The molecule has 1 rings (SSSR count). The van der Waals surface area contributed by atoms with Crippen molar-refractivity contribution in [3.05, 3.63) is 34.4 Å². The minimum absolute atomic E-state index is 0.453. The van der Waals surface area contributed by atoms with Crippen molar-refractivity contribution >= 4 is 28.4 Å². The van der Waals surface area contributed by atoms with E-state index >= 15 is 0 Å². The van der Waals surface area contributed by atoms with E-state index in [0.717, 1.165) is 12.1 Å². The lowest BCUT2D eigenvalue weighted by Crippen LogP contribution is -1.99. The lowest BCUT2D eigenvalue weighted by molar-refractivity contribution is 0.320. The molecule has 0 bridgehead atoms. The fraction of sp³-hybridized carbons (Fsp3) is 0. The van der Waals surface area contributed by atoms with Crippen LogP contribution in [-0.4, -0.2) is 10.4 Å². The smallest absolute Gasteiger partial charge is 0.179 e. The van der Waals surface area contributed by atoms with E-state index < -0.39 is 27.4 Å². The van der Waals surface area contributed by atoms with Gasteiger partial charge in [0.05, 0.1) is 10.6 Å². The van der Waals surface area contributed by atoms with E-state index in [1.807, 2.05) is 0 Å². The molecular weight excluding hydrogens is 223 g/mol. The molecule has 0 aliphatic carbocycles. The van der Waals surface area contributed by atoms with E-state index in [4.69, 9.17) is 28.4 Å². The molecule has 0 unspecified atom stereocenters. The molecule has 0 aromatic heterocycles. The molecule has 0 fully saturated rings. The minimum atomic E-state index is -0.853. The first-order chi connectivity index (χ1) is 6.07. The fourth-order valence-electron chi connectivity index (χ4n) is 0.766. The van der Waals surface area contributed by atoms with E-state index in [1.54, 1.807) is 0 Å². The number of oxime groups is 1. The molecule has 0 heterocycles. The molecule has 0 saturated carbocycles. The summed E-state index contributed by atoms with van der Waals surface area (Å²) in [6.45, 7) is 0. The van der Waals surface area contributed by atoms with Gasteiger partial charge in [0.1, 0.15) is 11.6 Å². The lowest BCUT2D eigenvalue weighted by atomic mass is 10.2. The summed E-state index contributed by atoms with van der Waals surface area (Å²) in [4.78, 5) is 0. The molecule has 0 amide bonds. The Kier molecular flexibility index (Phi) is 3.06. The van der Waals surface area contributed by atoms with Gasteiger partial charge < -0.3 is 5.21 Å². The average molecular weight is 226 g/mol. The Morgan fingerprint density at radius 2 is 1.85 bits per heavy atom. The summed E-state index contributed by atoms with van der Waals surface area (Å²) in [6, 6.07) is 1.69. The van der Waals surface area contributed by atoms with Crippen LogP contribution in [0.2, 0.25) is 5.02 Å². The molecule has 2 nitrogen and oxygen atoms in total. The third-order valence-corrected chi connectivity index (χ3v) is 1.97. The summed E-state index contributed by atoms with van der Waals surface area (Å²) in [5.41, 5.74) is -0.453. The number of nitrogens with zero attached hydrogens (tertiary/aromatic N) is 1. The van der Waals surface area contributed by atoms with E-state index in [0.29, 0.717) is 0 Å². The summed E-state index contributed by atoms with van der Waals surface area (Å²) in [6.07, 6.45) is 0. The van der Waals surface area contributed by atoms with Gasteiger partial charge >= 0.3 is 0 Å². The quantitative estimate of drug-likeness (QED) is 0.339. The maximum atomic E-state index is 12.9. The lowest BCUT2D eigenvalue weighted by Gasteiger charge is -2.02. The number of benzene rings is 1. The SMILES string of the molecule is ON=C(Cl)c1c(F)ccc(F)c1Cl. The highest BCUT2D eigenvalue weighted by atomic mass is 35.5. The van der Waals surface area contributed by atoms with Gasteiger partial charge in [-0.05, 0) is 12.1 Å². The molecule has 70 valence electrons. The number of rotatable bonds is 1. The van der Waals surface area contributed by atoms with Gasteiger partial charge in [-0.1, -0.05) is 28.4 Å². The van der Waals surface area contributed by atoms with Crippen LogP contribution in [0.15, 0.2) is 17.3 Å². The van der Waals surface area contributed by atoms with Crippen LogP contribution in [0.5, 0.6) is 0 Å². The predicted molar refractivity (Wildman–Crippen MR) is 45.5 cm³/mol. The first-order valence-electron chi connectivity index (χ1n) is 3.09. The van der Waals surface area contributed by atoms with Crippen molar-refractivity contribution in [2.24, 2.45) is 5.16 Å². The van der Waals surface area contributed by atoms with Gasteiger partial charge in [-0.15, -0.1) is 0 Å². The Bertz CT molecular complexity index is 368. The zero-order chi connectivity index (χ0) is 10.0. The van der Waals surface area contributed by atoms with Crippen LogP contribution in [0.3, 0.4) is 0 Å². The topological polar surface area (TPSA) is 32.6 Å². The highest BCUT2D eigenvalue weighted by Gasteiger charge is 2.16. The first-order valence-corrected chi connectivity index (χ1v) is 3.85. The van der Waals surface area contributed by atoms with Crippen LogP contribution in [0.4, 0.5) is 8.78 Å². The van der Waals surface area contributed by atoms with Crippen LogP contribution in [-0.2, 0) is 0 Å². The van der Waals surface area contributed by atoms with Crippen LogP contribution in [0.1, 0.15) is 5.56 Å². The first kappa shape index (κ1) is 10.2. The Labute approximate surface area is 82.4 Å². The zero-order valence-corrected chi connectivity index (χ0v) is 7.57. The van der Waals surface area contributed by atoms with E-state index in [9.17, 15) is 8.78 Å². The third kappa shape index (κ3) is 1.89. The Hall–Kier alpha value is -0.870. The maximum absolute atomic E-state index is 12.9. The molecule has 0 atom stereocenters. The van der Waals surface area contributed by atoms with Crippen LogP contribution < -0.4 is 0 Å². The minimum Gasteiger partial charge on any atom is -0.410 e. The van der Waals surface area contributed by atoms with Gasteiger partial charge in [0.2, 0.25) is 0 Å². The summed E-state index contributed by atoms with van der Waals surface area (Å²) in [5.74, 6) is -1.69.